The third-order valence-corrected chi connectivity index (χ3v) is 3.86. The van der Waals surface area contributed by atoms with Crippen LogP contribution >= 0.6 is 11.6 Å². The van der Waals surface area contributed by atoms with Crippen LogP contribution in [0.5, 0.6) is 0 Å². The Labute approximate surface area is 132 Å². The molecule has 110 valence electrons. The number of benzene rings is 1. The predicted molar refractivity (Wildman–Crippen MR) is 87.3 cm³/mol. The Bertz CT molecular complexity index is 943. The van der Waals surface area contributed by atoms with Gasteiger partial charge >= 0.3 is 0 Å². The maximum Gasteiger partial charge on any atom is 0.277 e. The molecule has 3 rings (SSSR count). The van der Waals surface area contributed by atoms with E-state index in [2.05, 4.69) is 4.98 Å². The molecule has 2 aromatic heterocycles. The third kappa shape index (κ3) is 2.22. The Kier molecular flexibility index (Phi) is 3.54. The molecule has 0 spiro atoms. The van der Waals surface area contributed by atoms with Crippen molar-refractivity contribution in [1.82, 2.24) is 9.55 Å². The van der Waals surface area contributed by atoms with Crippen molar-refractivity contribution < 1.29 is 4.79 Å². The Morgan fingerprint density at radius 3 is 2.50 bits per heavy atom. The second-order valence-electron chi connectivity index (χ2n) is 5.13. The summed E-state index contributed by atoms with van der Waals surface area (Å²) in [5, 5.41) is -0.0422. The van der Waals surface area contributed by atoms with E-state index in [1.54, 1.807) is 18.3 Å². The lowest BCUT2D eigenvalue weighted by atomic mass is 9.98. The van der Waals surface area contributed by atoms with Gasteiger partial charge in [-0.05, 0) is 30.2 Å². The fraction of sp³-hybridized carbons (Fsp3) is 0.118. The highest BCUT2D eigenvalue weighted by molar-refractivity contribution is 6.68. The first-order valence-electron chi connectivity index (χ1n) is 6.75. The first-order chi connectivity index (χ1) is 10.5. The summed E-state index contributed by atoms with van der Waals surface area (Å²) < 4.78 is 1.26. The highest BCUT2D eigenvalue weighted by Crippen LogP contribution is 2.30. The lowest BCUT2D eigenvalue weighted by Gasteiger charge is -2.14. The maximum absolute atomic E-state index is 12.4. The molecular formula is C17H13ClN2O2. The molecule has 0 saturated heterocycles. The highest BCUT2D eigenvalue weighted by Gasteiger charge is 2.20. The number of hydrogen-bond acceptors (Lipinski definition) is 3. The number of fused-ring (bicyclic) bond motifs is 1. The van der Waals surface area contributed by atoms with E-state index in [0.717, 1.165) is 11.1 Å². The van der Waals surface area contributed by atoms with Gasteiger partial charge in [0.2, 0.25) is 0 Å². The first-order valence-corrected chi connectivity index (χ1v) is 7.13. The molecule has 0 aliphatic heterocycles. The molecule has 0 N–H and O–H groups in total. The molecule has 5 heteroatoms. The Balaban J connectivity index is 2.53. The van der Waals surface area contributed by atoms with Crippen LogP contribution in [0.4, 0.5) is 0 Å². The third-order valence-electron chi connectivity index (χ3n) is 3.68. The van der Waals surface area contributed by atoms with Gasteiger partial charge in [0.05, 0.1) is 0 Å². The number of nitrogens with zero attached hydrogens (tertiary/aromatic N) is 2. The van der Waals surface area contributed by atoms with E-state index in [-0.39, 0.29) is 11.3 Å². The molecule has 0 aliphatic carbocycles. The number of aromatic nitrogens is 2. The molecule has 0 radical (unpaired) electrons. The summed E-state index contributed by atoms with van der Waals surface area (Å²) in [6.45, 7) is 1.98. The van der Waals surface area contributed by atoms with Crippen LogP contribution in [-0.2, 0) is 7.05 Å². The molecule has 0 atom stereocenters. The second-order valence-corrected chi connectivity index (χ2v) is 5.47. The number of aryl methyl sites for hydroxylation is 1. The largest absolute Gasteiger partial charge is 0.305 e. The quantitative estimate of drug-likeness (QED) is 0.682. The fourth-order valence-electron chi connectivity index (χ4n) is 2.58. The number of halogens is 1. The van der Waals surface area contributed by atoms with Crippen LogP contribution in [0.1, 0.15) is 16.1 Å². The van der Waals surface area contributed by atoms with Crippen molar-refractivity contribution in [3.8, 4) is 11.1 Å². The lowest BCUT2D eigenvalue weighted by molar-refractivity contribution is 0.107. The number of carbonyl (C=O) groups is 1. The minimum absolute atomic E-state index is 0.177. The number of rotatable bonds is 2. The summed E-state index contributed by atoms with van der Waals surface area (Å²) in [6, 6.07) is 11.2. The Morgan fingerprint density at radius 1 is 1.18 bits per heavy atom. The van der Waals surface area contributed by atoms with Crippen LogP contribution in [0.15, 0.2) is 47.4 Å². The van der Waals surface area contributed by atoms with Crippen molar-refractivity contribution in [3.05, 3.63) is 64.2 Å². The summed E-state index contributed by atoms with van der Waals surface area (Å²) in [5.41, 5.74) is 2.72. The molecule has 4 nitrogen and oxygen atoms in total. The summed E-state index contributed by atoms with van der Waals surface area (Å²) in [6.07, 6.45) is 1.56. The molecule has 0 bridgehead atoms. The summed E-state index contributed by atoms with van der Waals surface area (Å²) in [4.78, 5) is 28.4. The van der Waals surface area contributed by atoms with E-state index in [0.29, 0.717) is 16.5 Å². The van der Waals surface area contributed by atoms with Crippen molar-refractivity contribution in [1.29, 1.82) is 0 Å². The maximum atomic E-state index is 12.4. The van der Waals surface area contributed by atoms with Crippen molar-refractivity contribution in [2.75, 3.05) is 0 Å². The van der Waals surface area contributed by atoms with Crippen LogP contribution in [-0.4, -0.2) is 14.8 Å². The average molecular weight is 313 g/mol. The molecule has 0 unspecified atom stereocenters. The molecule has 0 aliphatic rings. The van der Waals surface area contributed by atoms with Crippen molar-refractivity contribution >= 4 is 27.7 Å². The van der Waals surface area contributed by atoms with Gasteiger partial charge in [-0.2, -0.15) is 0 Å². The normalized spacial score (nSPS) is 10.9. The minimum Gasteiger partial charge on any atom is -0.305 e. The second kappa shape index (κ2) is 5.39. The molecule has 0 amide bonds. The van der Waals surface area contributed by atoms with Crippen LogP contribution in [0.2, 0.25) is 0 Å². The number of hydrogen-bond donors (Lipinski definition) is 0. The molecule has 1 aromatic carbocycles. The van der Waals surface area contributed by atoms with E-state index in [1.807, 2.05) is 31.2 Å². The molecule has 0 saturated carbocycles. The van der Waals surface area contributed by atoms with E-state index in [4.69, 9.17) is 11.6 Å². The average Bonchev–Trinajstić information content (AvgIpc) is 2.51. The number of pyridine rings is 2. The lowest BCUT2D eigenvalue weighted by Crippen LogP contribution is -2.24. The predicted octanol–water partition coefficient (Wildman–Crippen LogP) is 3.29. The summed E-state index contributed by atoms with van der Waals surface area (Å²) in [7, 11) is 1.53. The summed E-state index contributed by atoms with van der Waals surface area (Å²) >= 11 is 5.75. The SMILES string of the molecule is Cc1ccc(-c2c(C(=O)Cl)n(C)c(=O)c3ncccc23)cc1. The standard InChI is InChI=1S/C17H13ClN2O2/c1-10-5-7-11(8-6-10)13-12-4-3-9-19-14(12)17(22)20(2)15(13)16(18)21/h3-9H,1-2H3. The van der Waals surface area contributed by atoms with Crippen molar-refractivity contribution in [2.24, 2.45) is 7.05 Å². The van der Waals surface area contributed by atoms with E-state index in [9.17, 15) is 9.59 Å². The van der Waals surface area contributed by atoms with Gasteiger partial charge in [0.15, 0.2) is 0 Å². The smallest absolute Gasteiger partial charge is 0.277 e. The zero-order valence-corrected chi connectivity index (χ0v) is 12.9. The monoisotopic (exact) mass is 312 g/mol. The first kappa shape index (κ1) is 14.5. The molecule has 3 aromatic rings. The fourth-order valence-corrected chi connectivity index (χ4v) is 2.80. The minimum atomic E-state index is -0.666. The van der Waals surface area contributed by atoms with Gasteiger partial charge in [0.25, 0.3) is 10.8 Å². The Hall–Kier alpha value is -2.46. The van der Waals surface area contributed by atoms with E-state index >= 15 is 0 Å². The molecular weight excluding hydrogens is 300 g/mol. The molecule has 2 heterocycles. The van der Waals surface area contributed by atoms with Crippen LogP contribution < -0.4 is 5.56 Å². The van der Waals surface area contributed by atoms with Gasteiger partial charge in [-0.1, -0.05) is 35.9 Å². The van der Waals surface area contributed by atoms with Crippen molar-refractivity contribution in [3.63, 3.8) is 0 Å². The Morgan fingerprint density at radius 2 is 1.86 bits per heavy atom. The molecule has 22 heavy (non-hydrogen) atoms. The van der Waals surface area contributed by atoms with Gasteiger partial charge in [0.1, 0.15) is 11.2 Å². The van der Waals surface area contributed by atoms with Gasteiger partial charge in [-0.15, -0.1) is 0 Å². The van der Waals surface area contributed by atoms with Gasteiger partial charge < -0.3 is 4.57 Å². The van der Waals surface area contributed by atoms with Crippen LogP contribution in [0.3, 0.4) is 0 Å². The van der Waals surface area contributed by atoms with Crippen LogP contribution in [0.25, 0.3) is 22.0 Å². The highest BCUT2D eigenvalue weighted by atomic mass is 35.5. The van der Waals surface area contributed by atoms with Gasteiger partial charge in [-0.25, -0.2) is 0 Å². The zero-order chi connectivity index (χ0) is 15.9. The van der Waals surface area contributed by atoms with Gasteiger partial charge in [0, 0.05) is 24.2 Å². The number of carbonyl (C=O) groups excluding carboxylic acids is 1. The molecule has 0 fully saturated rings. The van der Waals surface area contributed by atoms with Crippen LogP contribution in [0, 0.1) is 6.92 Å². The van der Waals surface area contributed by atoms with E-state index < -0.39 is 5.24 Å². The zero-order valence-electron chi connectivity index (χ0n) is 12.1. The summed E-state index contributed by atoms with van der Waals surface area (Å²) in [5.74, 6) is 0. The van der Waals surface area contributed by atoms with E-state index in [1.165, 1.54) is 11.6 Å². The van der Waals surface area contributed by atoms with Gasteiger partial charge in [-0.3, -0.25) is 14.6 Å². The topological polar surface area (TPSA) is 52.0 Å². The van der Waals surface area contributed by atoms with Crippen molar-refractivity contribution in [2.45, 2.75) is 6.92 Å².